The van der Waals surface area contributed by atoms with Gasteiger partial charge >= 0.3 is 0 Å². The Bertz CT molecular complexity index is 579. The number of aromatic hydroxyl groups is 1. The van der Waals surface area contributed by atoms with Crippen molar-refractivity contribution in [1.82, 2.24) is 5.32 Å². The highest BCUT2D eigenvalue weighted by Gasteiger charge is 2.21. The van der Waals surface area contributed by atoms with Crippen LogP contribution < -0.4 is 5.32 Å². The Labute approximate surface area is 117 Å². The average molecular weight is 278 g/mol. The van der Waals surface area contributed by atoms with Crippen LogP contribution in [0, 0.1) is 0 Å². The molecule has 0 saturated heterocycles. The Morgan fingerprint density at radius 3 is 3.11 bits per heavy atom. The summed E-state index contributed by atoms with van der Waals surface area (Å²) in [6.45, 7) is 0.731. The van der Waals surface area contributed by atoms with E-state index in [0.717, 1.165) is 37.1 Å². The third-order valence-electron chi connectivity index (χ3n) is 3.62. The number of rotatable bonds is 3. The summed E-state index contributed by atoms with van der Waals surface area (Å²) in [4.78, 5) is 0. The number of phenolic OH excluding ortho intramolecular Hbond substituents is 1. The lowest BCUT2D eigenvalue weighted by Crippen LogP contribution is -2.23. The van der Waals surface area contributed by atoms with Crippen LogP contribution in [0.25, 0.3) is 0 Å². The maximum Gasteiger partial charge on any atom is 0.134 e. The maximum atomic E-state index is 9.40. The van der Waals surface area contributed by atoms with Gasteiger partial charge in [-0.05, 0) is 36.6 Å². The van der Waals surface area contributed by atoms with Gasteiger partial charge in [0.15, 0.2) is 0 Å². The first-order chi connectivity index (χ1) is 9.24. The Morgan fingerprint density at radius 1 is 1.37 bits per heavy atom. The highest BCUT2D eigenvalue weighted by atomic mass is 35.5. The molecule has 19 heavy (non-hydrogen) atoms. The molecule has 0 aliphatic heterocycles. The van der Waals surface area contributed by atoms with Crippen molar-refractivity contribution in [3.63, 3.8) is 0 Å². The van der Waals surface area contributed by atoms with Crippen molar-refractivity contribution in [3.8, 4) is 5.75 Å². The summed E-state index contributed by atoms with van der Waals surface area (Å²) < 4.78 is 5.48. The molecule has 0 spiro atoms. The van der Waals surface area contributed by atoms with Gasteiger partial charge in [0.25, 0.3) is 0 Å². The minimum Gasteiger partial charge on any atom is -0.506 e. The van der Waals surface area contributed by atoms with Gasteiger partial charge in [-0.2, -0.15) is 0 Å². The molecule has 0 fully saturated rings. The van der Waals surface area contributed by atoms with E-state index in [1.807, 2.05) is 6.07 Å². The van der Waals surface area contributed by atoms with Gasteiger partial charge in [-0.3, -0.25) is 0 Å². The van der Waals surface area contributed by atoms with Gasteiger partial charge in [0, 0.05) is 24.6 Å². The number of halogens is 1. The normalized spacial score (nSPS) is 18.3. The number of aryl methyl sites for hydroxylation is 1. The van der Waals surface area contributed by atoms with Gasteiger partial charge in [0.1, 0.15) is 11.5 Å². The molecule has 1 unspecified atom stereocenters. The first kappa shape index (κ1) is 12.6. The van der Waals surface area contributed by atoms with E-state index in [4.69, 9.17) is 16.0 Å². The Hall–Kier alpha value is -1.45. The fourth-order valence-corrected chi connectivity index (χ4v) is 2.80. The van der Waals surface area contributed by atoms with Crippen molar-refractivity contribution in [2.75, 3.05) is 0 Å². The molecule has 2 N–H and O–H groups in total. The third kappa shape index (κ3) is 2.62. The van der Waals surface area contributed by atoms with Crippen molar-refractivity contribution in [2.24, 2.45) is 0 Å². The van der Waals surface area contributed by atoms with E-state index in [0.29, 0.717) is 11.1 Å². The van der Waals surface area contributed by atoms with Gasteiger partial charge in [-0.1, -0.05) is 17.7 Å². The molecule has 3 nitrogen and oxygen atoms in total. The molecule has 1 aliphatic rings. The van der Waals surface area contributed by atoms with Crippen molar-refractivity contribution in [2.45, 2.75) is 31.8 Å². The smallest absolute Gasteiger partial charge is 0.134 e. The van der Waals surface area contributed by atoms with E-state index in [9.17, 15) is 5.11 Å². The van der Waals surface area contributed by atoms with Crippen molar-refractivity contribution in [3.05, 3.63) is 52.4 Å². The Kier molecular flexibility index (Phi) is 3.49. The minimum absolute atomic E-state index is 0.125. The van der Waals surface area contributed by atoms with Crippen LogP contribution in [-0.4, -0.2) is 5.11 Å². The lowest BCUT2D eigenvalue weighted by Gasteiger charge is -2.23. The van der Waals surface area contributed by atoms with Crippen LogP contribution in [0.15, 0.2) is 34.9 Å². The highest BCUT2D eigenvalue weighted by molar-refractivity contribution is 6.32. The molecule has 0 saturated carbocycles. The van der Waals surface area contributed by atoms with E-state index in [1.54, 1.807) is 18.4 Å². The number of furan rings is 1. The van der Waals surface area contributed by atoms with Crippen molar-refractivity contribution in [1.29, 1.82) is 0 Å². The maximum absolute atomic E-state index is 9.40. The number of hydrogen-bond acceptors (Lipinski definition) is 3. The van der Waals surface area contributed by atoms with Crippen LogP contribution in [0.1, 0.15) is 35.8 Å². The largest absolute Gasteiger partial charge is 0.506 e. The molecule has 1 aromatic heterocycles. The predicted molar refractivity (Wildman–Crippen MR) is 74.3 cm³/mol. The zero-order valence-electron chi connectivity index (χ0n) is 10.5. The number of phenols is 1. The van der Waals surface area contributed by atoms with Gasteiger partial charge in [-0.15, -0.1) is 0 Å². The molecule has 0 bridgehead atoms. The van der Waals surface area contributed by atoms with Gasteiger partial charge in [0.2, 0.25) is 0 Å². The number of benzene rings is 1. The van der Waals surface area contributed by atoms with Crippen LogP contribution in [-0.2, 0) is 13.0 Å². The molecule has 0 amide bonds. The van der Waals surface area contributed by atoms with Crippen LogP contribution >= 0.6 is 11.6 Å². The first-order valence-corrected chi connectivity index (χ1v) is 6.89. The number of hydrogen-bond donors (Lipinski definition) is 2. The van der Waals surface area contributed by atoms with Gasteiger partial charge < -0.3 is 14.8 Å². The molecule has 1 atom stereocenters. The summed E-state index contributed by atoms with van der Waals surface area (Å²) in [5.41, 5.74) is 2.34. The zero-order chi connectivity index (χ0) is 13.2. The van der Waals surface area contributed by atoms with E-state index in [2.05, 4.69) is 11.4 Å². The standard InChI is InChI=1S/C15H16ClNO2/c16-12-8-10(4-5-14(12)18)9-17-13-2-1-3-15-11(13)6-7-19-15/h4-8,13,17-18H,1-3,9H2. The molecule has 0 radical (unpaired) electrons. The predicted octanol–water partition coefficient (Wildman–Crippen LogP) is 3.81. The summed E-state index contributed by atoms with van der Waals surface area (Å²) in [5.74, 6) is 1.23. The third-order valence-corrected chi connectivity index (χ3v) is 3.92. The van der Waals surface area contributed by atoms with Crippen LogP contribution in [0.2, 0.25) is 5.02 Å². The molecular weight excluding hydrogens is 262 g/mol. The molecule has 3 rings (SSSR count). The first-order valence-electron chi connectivity index (χ1n) is 6.51. The van der Waals surface area contributed by atoms with E-state index in [-0.39, 0.29) is 5.75 Å². The monoisotopic (exact) mass is 277 g/mol. The van der Waals surface area contributed by atoms with Crippen LogP contribution in [0.4, 0.5) is 0 Å². The SMILES string of the molecule is Oc1ccc(CNC2CCCc3occc32)cc1Cl. The number of nitrogens with one attached hydrogen (secondary N) is 1. The lowest BCUT2D eigenvalue weighted by atomic mass is 9.93. The minimum atomic E-state index is 0.125. The number of fused-ring (bicyclic) bond motifs is 1. The van der Waals surface area contributed by atoms with E-state index >= 15 is 0 Å². The molecule has 2 aromatic rings. The van der Waals surface area contributed by atoms with Gasteiger partial charge in [0.05, 0.1) is 11.3 Å². The van der Waals surface area contributed by atoms with E-state index < -0.39 is 0 Å². The fraction of sp³-hybridized carbons (Fsp3) is 0.333. The molecular formula is C15H16ClNO2. The quantitative estimate of drug-likeness (QED) is 0.897. The topological polar surface area (TPSA) is 45.4 Å². The average Bonchev–Trinajstić information content (AvgIpc) is 2.89. The highest BCUT2D eigenvalue weighted by Crippen LogP contribution is 2.31. The summed E-state index contributed by atoms with van der Waals surface area (Å²) in [6.07, 6.45) is 5.07. The Balaban J connectivity index is 1.69. The Morgan fingerprint density at radius 2 is 2.26 bits per heavy atom. The second-order valence-corrected chi connectivity index (χ2v) is 5.32. The molecule has 1 heterocycles. The second-order valence-electron chi connectivity index (χ2n) is 4.91. The summed E-state index contributed by atoms with van der Waals surface area (Å²) in [7, 11) is 0. The van der Waals surface area contributed by atoms with Crippen molar-refractivity contribution >= 4 is 11.6 Å². The second kappa shape index (κ2) is 5.27. The molecule has 100 valence electrons. The molecule has 4 heteroatoms. The molecule has 1 aromatic carbocycles. The zero-order valence-corrected chi connectivity index (χ0v) is 11.3. The van der Waals surface area contributed by atoms with Crippen LogP contribution in [0.3, 0.4) is 0 Å². The van der Waals surface area contributed by atoms with Crippen LogP contribution in [0.5, 0.6) is 5.75 Å². The van der Waals surface area contributed by atoms with Gasteiger partial charge in [-0.25, -0.2) is 0 Å². The molecule has 1 aliphatic carbocycles. The summed E-state index contributed by atoms with van der Waals surface area (Å²) in [5, 5.41) is 13.3. The summed E-state index contributed by atoms with van der Waals surface area (Å²) in [6, 6.07) is 7.70. The lowest BCUT2D eigenvalue weighted by molar-refractivity contribution is 0.410. The van der Waals surface area contributed by atoms with Crippen molar-refractivity contribution < 1.29 is 9.52 Å². The fourth-order valence-electron chi connectivity index (χ4n) is 2.60. The summed E-state index contributed by atoms with van der Waals surface area (Å²) >= 11 is 5.91. The van der Waals surface area contributed by atoms with E-state index in [1.165, 1.54) is 5.56 Å².